The van der Waals surface area contributed by atoms with Crippen molar-refractivity contribution < 1.29 is 15.0 Å². The molecule has 0 saturated carbocycles. The van der Waals surface area contributed by atoms with Crippen molar-refractivity contribution in [2.75, 3.05) is 18.0 Å². The largest absolute Gasteiger partial charge is 0.479 e. The Hall–Kier alpha value is -1.55. The molecular formula is C14H19NO3. The van der Waals surface area contributed by atoms with Crippen molar-refractivity contribution >= 4 is 11.7 Å². The highest BCUT2D eigenvalue weighted by Gasteiger charge is 2.14. The van der Waals surface area contributed by atoms with Crippen LogP contribution in [0.4, 0.5) is 5.69 Å². The zero-order valence-electron chi connectivity index (χ0n) is 10.4. The lowest BCUT2D eigenvalue weighted by atomic mass is 10.1. The number of aliphatic hydroxyl groups is 1. The van der Waals surface area contributed by atoms with E-state index in [1.165, 1.54) is 24.9 Å². The summed E-state index contributed by atoms with van der Waals surface area (Å²) in [5, 5.41) is 17.9. The summed E-state index contributed by atoms with van der Waals surface area (Å²) in [7, 11) is 0. The van der Waals surface area contributed by atoms with Crippen LogP contribution in [0.5, 0.6) is 0 Å². The number of hydrogen-bond acceptors (Lipinski definition) is 3. The number of aliphatic hydroxyl groups excluding tert-OH is 1. The molecule has 18 heavy (non-hydrogen) atoms. The Morgan fingerprint density at radius 2 is 1.78 bits per heavy atom. The SMILES string of the molecule is O=C(O)[C@H](O)Cc1ccc(N2CCCCC2)cc1. The molecule has 0 aromatic heterocycles. The van der Waals surface area contributed by atoms with Gasteiger partial charge in [-0.3, -0.25) is 0 Å². The maximum absolute atomic E-state index is 10.6. The van der Waals surface area contributed by atoms with Gasteiger partial charge in [0.25, 0.3) is 0 Å². The molecule has 1 fully saturated rings. The number of benzene rings is 1. The zero-order valence-corrected chi connectivity index (χ0v) is 10.4. The molecule has 1 aromatic carbocycles. The van der Waals surface area contributed by atoms with Gasteiger partial charge < -0.3 is 15.1 Å². The number of rotatable bonds is 4. The third-order valence-electron chi connectivity index (χ3n) is 3.37. The molecule has 1 heterocycles. The van der Waals surface area contributed by atoms with Crippen LogP contribution < -0.4 is 4.90 Å². The summed E-state index contributed by atoms with van der Waals surface area (Å²) >= 11 is 0. The summed E-state index contributed by atoms with van der Waals surface area (Å²) in [5.41, 5.74) is 2.04. The fraction of sp³-hybridized carbons (Fsp3) is 0.500. The smallest absolute Gasteiger partial charge is 0.332 e. The van der Waals surface area contributed by atoms with E-state index in [2.05, 4.69) is 4.90 Å². The minimum absolute atomic E-state index is 0.162. The van der Waals surface area contributed by atoms with Crippen LogP contribution in [0.15, 0.2) is 24.3 Å². The lowest BCUT2D eigenvalue weighted by Gasteiger charge is -2.28. The van der Waals surface area contributed by atoms with E-state index < -0.39 is 12.1 Å². The van der Waals surface area contributed by atoms with E-state index in [-0.39, 0.29) is 6.42 Å². The van der Waals surface area contributed by atoms with Gasteiger partial charge in [-0.25, -0.2) is 4.79 Å². The van der Waals surface area contributed by atoms with Crippen LogP contribution in [0, 0.1) is 0 Å². The van der Waals surface area contributed by atoms with E-state index in [0.717, 1.165) is 18.7 Å². The van der Waals surface area contributed by atoms with E-state index >= 15 is 0 Å². The molecule has 4 heteroatoms. The number of carboxylic acids is 1. The van der Waals surface area contributed by atoms with Gasteiger partial charge in [0, 0.05) is 25.2 Å². The maximum Gasteiger partial charge on any atom is 0.332 e. The summed E-state index contributed by atoms with van der Waals surface area (Å²) in [6.07, 6.45) is 2.62. The first kappa shape index (κ1) is 12.9. The third kappa shape index (κ3) is 3.23. The first-order valence-electron chi connectivity index (χ1n) is 6.41. The Labute approximate surface area is 107 Å². The van der Waals surface area contributed by atoms with E-state index in [1.54, 1.807) is 0 Å². The Kier molecular flexibility index (Phi) is 4.20. The summed E-state index contributed by atoms with van der Waals surface area (Å²) < 4.78 is 0. The van der Waals surface area contributed by atoms with Crippen LogP contribution in [0.2, 0.25) is 0 Å². The van der Waals surface area contributed by atoms with Crippen molar-refractivity contribution in [3.63, 3.8) is 0 Å². The topological polar surface area (TPSA) is 60.8 Å². The fourth-order valence-corrected chi connectivity index (χ4v) is 2.31. The number of piperidine rings is 1. The second-order valence-corrected chi connectivity index (χ2v) is 4.77. The molecule has 1 atom stereocenters. The van der Waals surface area contributed by atoms with Crippen molar-refractivity contribution in [3.05, 3.63) is 29.8 Å². The second kappa shape index (κ2) is 5.87. The molecule has 0 spiro atoms. The maximum atomic E-state index is 10.6. The number of anilines is 1. The third-order valence-corrected chi connectivity index (χ3v) is 3.37. The Bertz CT molecular complexity index is 396. The van der Waals surface area contributed by atoms with Crippen molar-refractivity contribution in [2.24, 2.45) is 0 Å². The average molecular weight is 249 g/mol. The minimum atomic E-state index is -1.31. The van der Waals surface area contributed by atoms with E-state index in [1.807, 2.05) is 24.3 Å². The first-order valence-corrected chi connectivity index (χ1v) is 6.41. The highest BCUT2D eigenvalue weighted by Crippen LogP contribution is 2.20. The van der Waals surface area contributed by atoms with Gasteiger partial charge in [-0.15, -0.1) is 0 Å². The molecule has 0 bridgehead atoms. The van der Waals surface area contributed by atoms with Gasteiger partial charge in [0.15, 0.2) is 6.10 Å². The fourth-order valence-electron chi connectivity index (χ4n) is 2.31. The molecule has 1 aliphatic heterocycles. The second-order valence-electron chi connectivity index (χ2n) is 4.77. The van der Waals surface area contributed by atoms with Gasteiger partial charge in [0.05, 0.1) is 0 Å². The molecule has 0 radical (unpaired) electrons. The predicted octanol–water partition coefficient (Wildman–Crippen LogP) is 1.66. The van der Waals surface area contributed by atoms with E-state index in [0.29, 0.717) is 0 Å². The molecule has 2 rings (SSSR count). The van der Waals surface area contributed by atoms with Crippen LogP contribution in [0.1, 0.15) is 24.8 Å². The van der Waals surface area contributed by atoms with Crippen molar-refractivity contribution in [1.29, 1.82) is 0 Å². The van der Waals surface area contributed by atoms with Crippen molar-refractivity contribution in [2.45, 2.75) is 31.8 Å². The van der Waals surface area contributed by atoms with Gasteiger partial charge in [0.1, 0.15) is 0 Å². The number of hydrogen-bond donors (Lipinski definition) is 2. The molecule has 2 N–H and O–H groups in total. The molecule has 98 valence electrons. The van der Waals surface area contributed by atoms with Gasteiger partial charge in [-0.1, -0.05) is 12.1 Å². The Balaban J connectivity index is 1.98. The van der Waals surface area contributed by atoms with Crippen LogP contribution in [-0.2, 0) is 11.2 Å². The van der Waals surface area contributed by atoms with Crippen LogP contribution in [-0.4, -0.2) is 35.4 Å². The minimum Gasteiger partial charge on any atom is -0.479 e. The standard InChI is InChI=1S/C14H19NO3/c16-13(14(17)18)10-11-4-6-12(7-5-11)15-8-2-1-3-9-15/h4-7,13,16H,1-3,8-10H2,(H,17,18)/t13-/m1/s1. The van der Waals surface area contributed by atoms with Crippen LogP contribution in [0.25, 0.3) is 0 Å². The number of carbonyl (C=O) groups is 1. The Morgan fingerprint density at radius 3 is 2.33 bits per heavy atom. The van der Waals surface area contributed by atoms with Crippen LogP contribution in [0.3, 0.4) is 0 Å². The predicted molar refractivity (Wildman–Crippen MR) is 69.9 cm³/mol. The monoisotopic (exact) mass is 249 g/mol. The summed E-state index contributed by atoms with van der Waals surface area (Å²) in [6, 6.07) is 7.82. The molecule has 0 unspecified atom stereocenters. The quantitative estimate of drug-likeness (QED) is 0.852. The molecule has 0 aliphatic carbocycles. The van der Waals surface area contributed by atoms with E-state index in [4.69, 9.17) is 5.11 Å². The Morgan fingerprint density at radius 1 is 1.17 bits per heavy atom. The molecule has 0 amide bonds. The van der Waals surface area contributed by atoms with Gasteiger partial charge in [0.2, 0.25) is 0 Å². The van der Waals surface area contributed by atoms with Crippen LogP contribution >= 0.6 is 0 Å². The molecule has 4 nitrogen and oxygen atoms in total. The van der Waals surface area contributed by atoms with Gasteiger partial charge in [-0.2, -0.15) is 0 Å². The average Bonchev–Trinajstić information content (AvgIpc) is 2.40. The van der Waals surface area contributed by atoms with Gasteiger partial charge >= 0.3 is 5.97 Å². The molecular weight excluding hydrogens is 230 g/mol. The number of nitrogens with zero attached hydrogens (tertiary/aromatic N) is 1. The molecule has 1 aliphatic rings. The normalized spacial score (nSPS) is 17.5. The van der Waals surface area contributed by atoms with E-state index in [9.17, 15) is 9.90 Å². The highest BCUT2D eigenvalue weighted by atomic mass is 16.4. The van der Waals surface area contributed by atoms with Crippen molar-refractivity contribution in [1.82, 2.24) is 0 Å². The lowest BCUT2D eigenvalue weighted by Crippen LogP contribution is -2.29. The lowest BCUT2D eigenvalue weighted by molar-refractivity contribution is -0.146. The highest BCUT2D eigenvalue weighted by molar-refractivity contribution is 5.72. The molecule has 1 saturated heterocycles. The first-order chi connectivity index (χ1) is 8.66. The van der Waals surface area contributed by atoms with Crippen molar-refractivity contribution in [3.8, 4) is 0 Å². The number of aliphatic carboxylic acids is 1. The number of carboxylic acid groups (broad SMARTS) is 1. The zero-order chi connectivity index (χ0) is 13.0. The summed E-state index contributed by atoms with van der Waals surface area (Å²) in [5.74, 6) is -1.17. The van der Waals surface area contributed by atoms with Gasteiger partial charge in [-0.05, 0) is 37.0 Å². The summed E-state index contributed by atoms with van der Waals surface area (Å²) in [4.78, 5) is 12.9. The molecule has 1 aromatic rings. The summed E-state index contributed by atoms with van der Waals surface area (Å²) in [6.45, 7) is 2.19.